The molecule has 0 bridgehead atoms. The molecule has 18 heavy (non-hydrogen) atoms. The van der Waals surface area contributed by atoms with Crippen LogP contribution in [-0.4, -0.2) is 29.5 Å². The highest BCUT2D eigenvalue weighted by Gasteiger charge is 2.44. The van der Waals surface area contributed by atoms with Gasteiger partial charge in [-0.3, -0.25) is 9.35 Å². The molecule has 1 amide bonds. The highest BCUT2D eigenvalue weighted by Crippen LogP contribution is 2.20. The monoisotopic (exact) mass is 287 g/mol. The number of rotatable bonds is 1. The Balaban J connectivity index is 0.000000331. The van der Waals surface area contributed by atoms with E-state index in [1.165, 1.54) is 12.1 Å². The molecule has 0 heterocycles. The zero-order valence-corrected chi connectivity index (χ0v) is 9.36. The van der Waals surface area contributed by atoms with Gasteiger partial charge in [0, 0.05) is 0 Å². The number of hydrogen-bond donors (Lipinski definition) is 3. The van der Waals surface area contributed by atoms with Crippen LogP contribution in [0.3, 0.4) is 0 Å². The average Bonchev–Trinajstić information content (AvgIpc) is 2.15. The number of primary amides is 1. The Morgan fingerprint density at radius 3 is 1.83 bits per heavy atom. The SMILES string of the molecule is NC(=O)c1ccccc1O.O=S(=O)(O)C(F)(F)F. The van der Waals surface area contributed by atoms with E-state index in [1.807, 2.05) is 0 Å². The molecular weight excluding hydrogens is 279 g/mol. The molecule has 1 aromatic rings. The molecule has 0 unspecified atom stereocenters. The standard InChI is InChI=1S/C7H7NO2.CHF3O3S/c8-7(10)5-3-1-2-4-6(5)9;2-1(3,4)8(5,6)7/h1-4,9H,(H2,8,10);(H,5,6,7). The molecular formula is C8H8F3NO5S. The number of benzene rings is 1. The zero-order valence-electron chi connectivity index (χ0n) is 8.55. The van der Waals surface area contributed by atoms with Gasteiger partial charge in [0.2, 0.25) is 0 Å². The lowest BCUT2D eigenvalue weighted by Gasteiger charge is -1.97. The van der Waals surface area contributed by atoms with Gasteiger partial charge in [0.05, 0.1) is 5.56 Å². The Hall–Kier alpha value is -1.81. The zero-order chi connectivity index (χ0) is 14.6. The fourth-order valence-corrected chi connectivity index (χ4v) is 0.682. The summed E-state index contributed by atoms with van der Waals surface area (Å²) in [7, 11) is -5.84. The Morgan fingerprint density at radius 1 is 1.22 bits per heavy atom. The van der Waals surface area contributed by atoms with Gasteiger partial charge < -0.3 is 10.8 Å². The fraction of sp³-hybridized carbons (Fsp3) is 0.125. The van der Waals surface area contributed by atoms with Crippen molar-refractivity contribution in [3.05, 3.63) is 29.8 Å². The van der Waals surface area contributed by atoms with Crippen LogP contribution in [0, 0.1) is 0 Å². The van der Waals surface area contributed by atoms with E-state index in [0.29, 0.717) is 0 Å². The first-order valence-electron chi connectivity index (χ1n) is 4.08. The van der Waals surface area contributed by atoms with Crippen LogP contribution in [-0.2, 0) is 10.1 Å². The van der Waals surface area contributed by atoms with Crippen LogP contribution >= 0.6 is 0 Å². The van der Waals surface area contributed by atoms with Crippen LogP contribution < -0.4 is 5.73 Å². The number of halogens is 3. The molecule has 0 saturated carbocycles. The lowest BCUT2D eigenvalue weighted by molar-refractivity contribution is -0.0510. The highest BCUT2D eigenvalue weighted by molar-refractivity contribution is 7.86. The maximum Gasteiger partial charge on any atom is 0.522 e. The second-order valence-corrected chi connectivity index (χ2v) is 4.22. The summed E-state index contributed by atoms with van der Waals surface area (Å²) in [4.78, 5) is 10.5. The second kappa shape index (κ2) is 5.69. The number of phenols is 1. The molecule has 102 valence electrons. The molecule has 0 atom stereocenters. The minimum Gasteiger partial charge on any atom is -0.507 e. The van der Waals surface area contributed by atoms with Crippen molar-refractivity contribution in [3.63, 3.8) is 0 Å². The van der Waals surface area contributed by atoms with Crippen LogP contribution in [0.4, 0.5) is 13.2 Å². The van der Waals surface area contributed by atoms with Crippen molar-refractivity contribution in [2.75, 3.05) is 0 Å². The topological polar surface area (TPSA) is 118 Å². The van der Waals surface area contributed by atoms with Gasteiger partial charge in [-0.05, 0) is 12.1 Å². The molecule has 1 rings (SSSR count). The van der Waals surface area contributed by atoms with Crippen molar-refractivity contribution < 1.29 is 36.0 Å². The van der Waals surface area contributed by atoms with Gasteiger partial charge in [-0.2, -0.15) is 21.6 Å². The van der Waals surface area contributed by atoms with E-state index in [1.54, 1.807) is 12.1 Å². The lowest BCUT2D eigenvalue weighted by Crippen LogP contribution is -2.21. The first-order chi connectivity index (χ1) is 7.97. The summed E-state index contributed by atoms with van der Waals surface area (Å²) in [5.41, 5.74) is -0.464. The van der Waals surface area contributed by atoms with E-state index in [4.69, 9.17) is 23.8 Å². The number of para-hydroxylation sites is 1. The second-order valence-electron chi connectivity index (χ2n) is 2.80. The first-order valence-corrected chi connectivity index (χ1v) is 5.52. The molecule has 0 aliphatic rings. The number of hydrogen-bond acceptors (Lipinski definition) is 4. The molecule has 0 aliphatic heterocycles. The molecule has 1 aromatic carbocycles. The normalized spacial score (nSPS) is 11.3. The maximum absolute atomic E-state index is 10.7. The van der Waals surface area contributed by atoms with Crippen molar-refractivity contribution in [2.24, 2.45) is 5.73 Å². The molecule has 10 heteroatoms. The third kappa shape index (κ3) is 5.01. The van der Waals surface area contributed by atoms with E-state index in [-0.39, 0.29) is 11.3 Å². The van der Waals surface area contributed by atoms with E-state index in [9.17, 15) is 18.0 Å². The Morgan fingerprint density at radius 2 is 1.61 bits per heavy atom. The molecule has 0 saturated heterocycles. The van der Waals surface area contributed by atoms with Crippen molar-refractivity contribution in [1.29, 1.82) is 0 Å². The van der Waals surface area contributed by atoms with E-state index in [0.717, 1.165) is 0 Å². The van der Waals surface area contributed by atoms with E-state index >= 15 is 0 Å². The van der Waals surface area contributed by atoms with E-state index < -0.39 is 21.5 Å². The van der Waals surface area contributed by atoms with Crippen LogP contribution in [0.5, 0.6) is 5.75 Å². The molecule has 0 aliphatic carbocycles. The number of aromatic hydroxyl groups is 1. The molecule has 0 spiro atoms. The third-order valence-corrected chi connectivity index (χ3v) is 2.05. The highest BCUT2D eigenvalue weighted by atomic mass is 32.2. The van der Waals surface area contributed by atoms with Gasteiger partial charge in [0.1, 0.15) is 5.75 Å². The van der Waals surface area contributed by atoms with Crippen molar-refractivity contribution in [2.45, 2.75) is 5.51 Å². The minimum absolute atomic E-state index is 0.0741. The van der Waals surface area contributed by atoms with Crippen molar-refractivity contribution in [3.8, 4) is 5.75 Å². The van der Waals surface area contributed by atoms with Gasteiger partial charge in [-0.15, -0.1) is 0 Å². The predicted octanol–water partition coefficient (Wildman–Crippen LogP) is 0.885. The van der Waals surface area contributed by atoms with Gasteiger partial charge >= 0.3 is 15.6 Å². The summed E-state index contributed by atoms with van der Waals surface area (Å²) in [6.45, 7) is 0. The van der Waals surface area contributed by atoms with Gasteiger partial charge in [0.25, 0.3) is 5.91 Å². The number of alkyl halides is 3. The molecule has 6 nitrogen and oxygen atoms in total. The molecule has 0 fully saturated rings. The molecule has 0 radical (unpaired) electrons. The maximum atomic E-state index is 10.7. The van der Waals surface area contributed by atoms with Crippen LogP contribution in [0.2, 0.25) is 0 Å². The van der Waals surface area contributed by atoms with Gasteiger partial charge in [-0.1, -0.05) is 12.1 Å². The predicted molar refractivity (Wildman–Crippen MR) is 54.2 cm³/mol. The Labute approximate surface area is 99.6 Å². The van der Waals surface area contributed by atoms with Crippen LogP contribution in [0.1, 0.15) is 10.4 Å². The Bertz CT molecular complexity index is 526. The van der Waals surface area contributed by atoms with Gasteiger partial charge in [-0.25, -0.2) is 0 Å². The van der Waals surface area contributed by atoms with Crippen LogP contribution in [0.15, 0.2) is 24.3 Å². The molecule has 4 N–H and O–H groups in total. The number of amides is 1. The van der Waals surface area contributed by atoms with Gasteiger partial charge in [0.15, 0.2) is 0 Å². The minimum atomic E-state index is -5.84. The van der Waals surface area contributed by atoms with Crippen molar-refractivity contribution in [1.82, 2.24) is 0 Å². The summed E-state index contributed by atoms with van der Waals surface area (Å²) in [5.74, 6) is -0.687. The number of carbonyl (C=O) groups is 1. The third-order valence-electron chi connectivity index (χ3n) is 1.46. The first kappa shape index (κ1) is 16.2. The average molecular weight is 287 g/mol. The summed E-state index contributed by atoms with van der Waals surface area (Å²) in [5, 5.41) is 8.98. The quantitative estimate of drug-likeness (QED) is 0.523. The molecule has 0 aromatic heterocycles. The number of nitrogens with two attached hydrogens (primary N) is 1. The fourth-order valence-electron chi connectivity index (χ4n) is 0.682. The number of carbonyl (C=O) groups excluding carboxylic acids is 1. The lowest BCUT2D eigenvalue weighted by atomic mass is 10.2. The summed E-state index contributed by atoms with van der Waals surface area (Å²) < 4.78 is 57.5. The van der Waals surface area contributed by atoms with Crippen LogP contribution in [0.25, 0.3) is 0 Å². The Kier molecular flexibility index (Phi) is 5.12. The largest absolute Gasteiger partial charge is 0.522 e. The van der Waals surface area contributed by atoms with E-state index in [2.05, 4.69) is 0 Å². The summed E-state index contributed by atoms with van der Waals surface area (Å²) in [6.07, 6.45) is 0. The smallest absolute Gasteiger partial charge is 0.507 e. The summed E-state index contributed by atoms with van der Waals surface area (Å²) >= 11 is 0. The van der Waals surface area contributed by atoms with Crippen molar-refractivity contribution >= 4 is 16.0 Å². The summed E-state index contributed by atoms with van der Waals surface area (Å²) in [6, 6.07) is 6.15.